The summed E-state index contributed by atoms with van der Waals surface area (Å²) in [6, 6.07) is 5.82. The summed E-state index contributed by atoms with van der Waals surface area (Å²) in [6.07, 6.45) is 1.83. The van der Waals surface area contributed by atoms with Crippen LogP contribution in [0.25, 0.3) is 0 Å². The van der Waals surface area contributed by atoms with Gasteiger partial charge in [0.2, 0.25) is 6.34 Å². The highest BCUT2D eigenvalue weighted by Crippen LogP contribution is 2.19. The molecule has 2 nitrogen and oxygen atoms in total. The second-order valence-electron chi connectivity index (χ2n) is 2.47. The van der Waals surface area contributed by atoms with Gasteiger partial charge in [0.25, 0.3) is 0 Å². The molecule has 0 aromatic heterocycles. The molecule has 1 aliphatic rings. The van der Waals surface area contributed by atoms with Crippen molar-refractivity contribution >= 4 is 23.6 Å². The molecule has 1 aliphatic heterocycles. The van der Waals surface area contributed by atoms with E-state index in [2.05, 4.69) is 10.3 Å². The van der Waals surface area contributed by atoms with Gasteiger partial charge in [0.1, 0.15) is 12.2 Å². The van der Waals surface area contributed by atoms with Gasteiger partial charge >= 0.3 is 0 Å². The smallest absolute Gasteiger partial charge is 0.235 e. The number of benzene rings is 1. The minimum atomic E-state index is 0.786. The Hall–Kier alpha value is -1.02. The summed E-state index contributed by atoms with van der Waals surface area (Å²) in [5, 5.41) is 3.88. The molecule has 0 saturated carbocycles. The molecule has 11 heavy (non-hydrogen) atoms. The topological polar surface area (TPSA) is 26.0 Å². The molecule has 0 unspecified atom stereocenters. The van der Waals surface area contributed by atoms with Crippen molar-refractivity contribution < 1.29 is 4.99 Å². The molecule has 0 atom stereocenters. The summed E-state index contributed by atoms with van der Waals surface area (Å²) >= 11 is 5.81. The third-order valence-electron chi connectivity index (χ3n) is 1.69. The Morgan fingerprint density at radius 1 is 1.45 bits per heavy atom. The average molecular weight is 168 g/mol. The van der Waals surface area contributed by atoms with Crippen LogP contribution in [0.5, 0.6) is 0 Å². The molecule has 1 heterocycles. The van der Waals surface area contributed by atoms with E-state index in [1.807, 2.05) is 24.5 Å². The maximum atomic E-state index is 5.81. The summed E-state index contributed by atoms with van der Waals surface area (Å²) in [4.78, 5) is 3.07. The molecule has 0 aliphatic carbocycles. The maximum absolute atomic E-state index is 5.81. The molecule has 1 aromatic carbocycles. The molecule has 1 aromatic rings. The molecule has 2 N–H and O–H groups in total. The van der Waals surface area contributed by atoms with Gasteiger partial charge in [-0.15, -0.1) is 0 Å². The van der Waals surface area contributed by atoms with Crippen LogP contribution in [0.4, 0.5) is 5.69 Å². The van der Waals surface area contributed by atoms with Crippen molar-refractivity contribution in [1.82, 2.24) is 0 Å². The fraction of sp³-hybridized carbons (Fsp3) is 0.125. The zero-order valence-electron chi connectivity index (χ0n) is 5.89. The zero-order chi connectivity index (χ0) is 7.68. The molecule has 0 bridgehead atoms. The highest BCUT2D eigenvalue weighted by Gasteiger charge is 2.08. The Kier molecular flexibility index (Phi) is 1.55. The largest absolute Gasteiger partial charge is 0.276 e. The van der Waals surface area contributed by atoms with Crippen molar-refractivity contribution in [2.45, 2.75) is 6.54 Å². The van der Waals surface area contributed by atoms with E-state index in [-0.39, 0.29) is 0 Å². The molecule has 0 fully saturated rings. The van der Waals surface area contributed by atoms with E-state index in [4.69, 9.17) is 11.6 Å². The van der Waals surface area contributed by atoms with Gasteiger partial charge in [-0.3, -0.25) is 4.99 Å². The van der Waals surface area contributed by atoms with Gasteiger partial charge in [-0.1, -0.05) is 11.6 Å². The minimum absolute atomic E-state index is 0.786. The predicted molar refractivity (Wildman–Crippen MR) is 45.8 cm³/mol. The lowest BCUT2D eigenvalue weighted by molar-refractivity contribution is -0.471. The highest BCUT2D eigenvalue weighted by molar-refractivity contribution is 6.30. The van der Waals surface area contributed by atoms with E-state index < -0.39 is 0 Å². The Labute approximate surface area is 69.9 Å². The monoisotopic (exact) mass is 167 g/mol. The predicted octanol–water partition coefficient (Wildman–Crippen LogP) is 0.374. The number of fused-ring (bicyclic) bond motifs is 1. The van der Waals surface area contributed by atoms with E-state index in [1.165, 1.54) is 5.56 Å². The van der Waals surface area contributed by atoms with Crippen LogP contribution >= 0.6 is 11.6 Å². The van der Waals surface area contributed by atoms with E-state index in [0.717, 1.165) is 17.3 Å². The third-order valence-corrected chi connectivity index (χ3v) is 1.92. The third kappa shape index (κ3) is 1.21. The van der Waals surface area contributed by atoms with Gasteiger partial charge in [0.05, 0.1) is 0 Å². The van der Waals surface area contributed by atoms with E-state index >= 15 is 0 Å². The van der Waals surface area contributed by atoms with Crippen LogP contribution in [-0.4, -0.2) is 6.34 Å². The standard InChI is InChI=1S/C8H7ClN2/c9-7-1-2-8-6(3-7)4-10-5-11-8/h1-3,5H,4H2,(H,10,11)/p+1. The van der Waals surface area contributed by atoms with Crippen LogP contribution in [0.1, 0.15) is 5.56 Å². The Bertz CT molecular complexity index is 307. The number of hydrogen-bond donors (Lipinski definition) is 2. The average Bonchev–Trinajstić information content (AvgIpc) is 2.04. The Morgan fingerprint density at radius 2 is 2.36 bits per heavy atom. The first-order chi connectivity index (χ1) is 5.36. The molecule has 3 heteroatoms. The quantitative estimate of drug-likeness (QED) is 0.574. The second kappa shape index (κ2) is 2.55. The fourth-order valence-electron chi connectivity index (χ4n) is 1.14. The van der Waals surface area contributed by atoms with Crippen molar-refractivity contribution in [3.63, 3.8) is 0 Å². The van der Waals surface area contributed by atoms with Gasteiger partial charge in [-0.05, 0) is 18.2 Å². The Morgan fingerprint density at radius 3 is 3.27 bits per heavy atom. The number of hydrogen-bond acceptors (Lipinski definition) is 1. The van der Waals surface area contributed by atoms with Gasteiger partial charge < -0.3 is 0 Å². The molecule has 56 valence electrons. The van der Waals surface area contributed by atoms with Gasteiger partial charge in [-0.2, -0.15) is 0 Å². The Balaban J connectivity index is 2.48. The summed E-state index contributed by atoms with van der Waals surface area (Å²) in [7, 11) is 0. The van der Waals surface area contributed by atoms with Crippen LogP contribution in [0.2, 0.25) is 5.02 Å². The molecule has 0 spiro atoms. The van der Waals surface area contributed by atoms with Crippen LogP contribution in [0.15, 0.2) is 18.2 Å². The number of halogens is 1. The number of rotatable bonds is 0. The first-order valence-corrected chi connectivity index (χ1v) is 3.84. The SMILES string of the molecule is Clc1ccc2c(c1)C[NH+]=CN2. The van der Waals surface area contributed by atoms with E-state index in [9.17, 15) is 0 Å². The normalized spacial score (nSPS) is 13.9. The molecule has 0 radical (unpaired) electrons. The summed E-state index contributed by atoms with van der Waals surface area (Å²) in [5.41, 5.74) is 2.34. The summed E-state index contributed by atoms with van der Waals surface area (Å²) < 4.78 is 0. The lowest BCUT2D eigenvalue weighted by Crippen LogP contribution is -2.69. The van der Waals surface area contributed by atoms with E-state index in [0.29, 0.717) is 0 Å². The maximum Gasteiger partial charge on any atom is 0.235 e. The van der Waals surface area contributed by atoms with Crippen molar-refractivity contribution in [2.75, 3.05) is 5.32 Å². The van der Waals surface area contributed by atoms with Gasteiger partial charge in [0.15, 0.2) is 0 Å². The minimum Gasteiger partial charge on any atom is -0.276 e. The van der Waals surface area contributed by atoms with Crippen LogP contribution in [-0.2, 0) is 6.54 Å². The fourth-order valence-corrected chi connectivity index (χ4v) is 1.33. The highest BCUT2D eigenvalue weighted by atomic mass is 35.5. The first-order valence-electron chi connectivity index (χ1n) is 3.46. The van der Waals surface area contributed by atoms with Crippen molar-refractivity contribution in [3.8, 4) is 0 Å². The first kappa shape index (κ1) is 6.68. The summed E-state index contributed by atoms with van der Waals surface area (Å²) in [5.74, 6) is 0. The van der Waals surface area contributed by atoms with Crippen molar-refractivity contribution in [1.29, 1.82) is 0 Å². The van der Waals surface area contributed by atoms with Gasteiger partial charge in [-0.25, -0.2) is 5.32 Å². The zero-order valence-corrected chi connectivity index (χ0v) is 6.65. The van der Waals surface area contributed by atoms with Crippen LogP contribution in [0, 0.1) is 0 Å². The number of nitrogens with one attached hydrogen (secondary N) is 2. The number of anilines is 1. The molecule has 2 rings (SSSR count). The molecule has 0 saturated heterocycles. The van der Waals surface area contributed by atoms with E-state index in [1.54, 1.807) is 0 Å². The van der Waals surface area contributed by atoms with Crippen molar-refractivity contribution in [3.05, 3.63) is 28.8 Å². The molecular formula is C8H8ClN2+. The molecule has 0 amide bonds. The van der Waals surface area contributed by atoms with Crippen LogP contribution in [0.3, 0.4) is 0 Å². The van der Waals surface area contributed by atoms with Crippen molar-refractivity contribution in [2.24, 2.45) is 0 Å². The molecular weight excluding hydrogens is 160 g/mol. The van der Waals surface area contributed by atoms with Gasteiger partial charge in [0, 0.05) is 10.6 Å². The second-order valence-corrected chi connectivity index (χ2v) is 2.91. The summed E-state index contributed by atoms with van der Waals surface area (Å²) in [6.45, 7) is 0.850. The lowest BCUT2D eigenvalue weighted by atomic mass is 10.1. The van der Waals surface area contributed by atoms with Crippen LogP contribution < -0.4 is 10.3 Å². The lowest BCUT2D eigenvalue weighted by Gasteiger charge is -2.05.